The Morgan fingerprint density at radius 1 is 1.37 bits per heavy atom. The van der Waals surface area contributed by atoms with E-state index in [2.05, 4.69) is 25.7 Å². The van der Waals surface area contributed by atoms with Gasteiger partial charge in [0.1, 0.15) is 0 Å². The van der Waals surface area contributed by atoms with Gasteiger partial charge >= 0.3 is 0 Å². The van der Waals surface area contributed by atoms with E-state index in [0.717, 1.165) is 26.2 Å². The Hall–Kier alpha value is -0.860. The van der Waals surface area contributed by atoms with Crippen molar-refractivity contribution in [2.45, 2.75) is 6.92 Å². The van der Waals surface area contributed by atoms with E-state index in [0.29, 0.717) is 16.7 Å². The number of nitrogens with one attached hydrogen (secondary N) is 2. The van der Waals surface area contributed by atoms with Crippen LogP contribution in [0.1, 0.15) is 16.7 Å². The number of amides is 1. The maximum Gasteiger partial charge on any atom is 0.282 e. The highest BCUT2D eigenvalue weighted by atomic mass is 32.2. The lowest BCUT2D eigenvalue weighted by atomic mass is 10.4. The van der Waals surface area contributed by atoms with Crippen molar-refractivity contribution in [3.63, 3.8) is 0 Å². The average Bonchev–Trinajstić information content (AvgIpc) is 2.89. The molecule has 1 fully saturated rings. The number of nitrogens with zero attached hydrogens (tertiary/aromatic N) is 3. The molecule has 2 heterocycles. The summed E-state index contributed by atoms with van der Waals surface area (Å²) in [6.45, 7) is 6.57. The van der Waals surface area contributed by atoms with E-state index in [1.54, 1.807) is 0 Å². The van der Waals surface area contributed by atoms with Gasteiger partial charge in [0, 0.05) is 44.2 Å². The summed E-state index contributed by atoms with van der Waals surface area (Å²) in [5, 5.41) is 14.8. The number of rotatable bonds is 6. The predicted octanol–water partition coefficient (Wildman–Crippen LogP) is 0.748. The second kappa shape index (κ2) is 7.66. The summed E-state index contributed by atoms with van der Waals surface area (Å²) in [7, 11) is 0. The van der Waals surface area contributed by atoms with Crippen LogP contribution in [0.15, 0.2) is 0 Å². The fraction of sp³-hybridized carbons (Fsp3) is 0.727. The SMILES string of the molecule is CCNc1nnc(C(=O)NCCN2CCSCC2)s1. The highest BCUT2D eigenvalue weighted by Crippen LogP contribution is 2.14. The molecule has 0 unspecified atom stereocenters. The molecule has 1 aromatic rings. The average molecular weight is 301 g/mol. The van der Waals surface area contributed by atoms with Crippen molar-refractivity contribution in [1.29, 1.82) is 0 Å². The fourth-order valence-corrected chi connectivity index (χ4v) is 3.47. The lowest BCUT2D eigenvalue weighted by Crippen LogP contribution is -2.39. The quantitative estimate of drug-likeness (QED) is 0.808. The molecular weight excluding hydrogens is 282 g/mol. The number of anilines is 1. The van der Waals surface area contributed by atoms with Crippen molar-refractivity contribution >= 4 is 34.1 Å². The normalized spacial score (nSPS) is 16.3. The van der Waals surface area contributed by atoms with Crippen LogP contribution in [0.5, 0.6) is 0 Å². The third-order valence-electron chi connectivity index (χ3n) is 2.76. The molecule has 6 nitrogen and oxygen atoms in total. The van der Waals surface area contributed by atoms with Gasteiger partial charge in [-0.15, -0.1) is 10.2 Å². The van der Waals surface area contributed by atoms with Crippen molar-refractivity contribution in [1.82, 2.24) is 20.4 Å². The van der Waals surface area contributed by atoms with Gasteiger partial charge in [-0.05, 0) is 6.92 Å². The lowest BCUT2D eigenvalue weighted by molar-refractivity contribution is 0.0948. The Morgan fingerprint density at radius 3 is 2.89 bits per heavy atom. The Bertz CT molecular complexity index is 406. The van der Waals surface area contributed by atoms with Crippen molar-refractivity contribution in [3.05, 3.63) is 5.01 Å². The van der Waals surface area contributed by atoms with E-state index in [1.165, 1.54) is 22.8 Å². The van der Waals surface area contributed by atoms with Gasteiger partial charge < -0.3 is 10.6 Å². The van der Waals surface area contributed by atoms with Crippen LogP contribution in [0, 0.1) is 0 Å². The van der Waals surface area contributed by atoms with E-state index >= 15 is 0 Å². The third kappa shape index (κ3) is 4.63. The highest BCUT2D eigenvalue weighted by molar-refractivity contribution is 7.99. The Morgan fingerprint density at radius 2 is 2.16 bits per heavy atom. The molecule has 0 atom stereocenters. The molecule has 0 saturated carbocycles. The zero-order valence-electron chi connectivity index (χ0n) is 11.0. The summed E-state index contributed by atoms with van der Waals surface area (Å²) >= 11 is 3.28. The standard InChI is InChI=1S/C11H19N5OS2/c1-2-12-11-15-14-10(19-11)9(17)13-3-4-16-5-7-18-8-6-16/h2-8H2,1H3,(H,12,15)(H,13,17). The first-order valence-electron chi connectivity index (χ1n) is 6.45. The second-order valence-corrected chi connectivity index (χ2v) is 6.35. The first-order chi connectivity index (χ1) is 9.29. The van der Waals surface area contributed by atoms with Crippen molar-refractivity contribution in [2.24, 2.45) is 0 Å². The monoisotopic (exact) mass is 301 g/mol. The molecule has 19 heavy (non-hydrogen) atoms. The second-order valence-electron chi connectivity index (χ2n) is 4.15. The van der Waals surface area contributed by atoms with E-state index in [-0.39, 0.29) is 5.91 Å². The molecular formula is C11H19N5OS2. The van der Waals surface area contributed by atoms with Gasteiger partial charge in [0.2, 0.25) is 10.1 Å². The van der Waals surface area contributed by atoms with Gasteiger partial charge in [-0.25, -0.2) is 0 Å². The van der Waals surface area contributed by atoms with Crippen LogP contribution in [0.4, 0.5) is 5.13 Å². The summed E-state index contributed by atoms with van der Waals surface area (Å²) < 4.78 is 0. The van der Waals surface area contributed by atoms with Crippen LogP contribution < -0.4 is 10.6 Å². The first-order valence-corrected chi connectivity index (χ1v) is 8.42. The molecule has 1 aromatic heterocycles. The van der Waals surface area contributed by atoms with Gasteiger partial charge in [-0.1, -0.05) is 11.3 Å². The molecule has 1 saturated heterocycles. The number of thioether (sulfide) groups is 1. The number of carbonyl (C=O) groups is 1. The van der Waals surface area contributed by atoms with Crippen LogP contribution in [0.2, 0.25) is 0 Å². The predicted molar refractivity (Wildman–Crippen MR) is 80.2 cm³/mol. The molecule has 106 valence electrons. The zero-order valence-corrected chi connectivity index (χ0v) is 12.6. The van der Waals surface area contributed by atoms with E-state index in [9.17, 15) is 4.79 Å². The summed E-state index contributed by atoms with van der Waals surface area (Å²) in [6.07, 6.45) is 0. The molecule has 1 aliphatic rings. The molecule has 0 aliphatic carbocycles. The molecule has 0 aromatic carbocycles. The maximum atomic E-state index is 11.9. The zero-order chi connectivity index (χ0) is 13.5. The Kier molecular flexibility index (Phi) is 5.87. The van der Waals surface area contributed by atoms with Crippen LogP contribution in [0.25, 0.3) is 0 Å². The van der Waals surface area contributed by atoms with Gasteiger partial charge in [0.05, 0.1) is 0 Å². The smallest absolute Gasteiger partial charge is 0.282 e. The molecule has 2 rings (SSSR count). The van der Waals surface area contributed by atoms with Gasteiger partial charge in [-0.3, -0.25) is 9.69 Å². The van der Waals surface area contributed by atoms with Gasteiger partial charge in [-0.2, -0.15) is 11.8 Å². The maximum absolute atomic E-state index is 11.9. The number of hydrogen-bond donors (Lipinski definition) is 2. The van der Waals surface area contributed by atoms with Crippen molar-refractivity contribution in [3.8, 4) is 0 Å². The lowest BCUT2D eigenvalue weighted by Gasteiger charge is -2.25. The fourth-order valence-electron chi connectivity index (χ4n) is 1.77. The number of carbonyl (C=O) groups excluding carboxylic acids is 1. The molecule has 1 amide bonds. The number of hydrogen-bond acceptors (Lipinski definition) is 7. The summed E-state index contributed by atoms with van der Waals surface area (Å²) in [6, 6.07) is 0. The minimum absolute atomic E-state index is 0.131. The van der Waals surface area contributed by atoms with Gasteiger partial charge in [0.25, 0.3) is 5.91 Å². The topological polar surface area (TPSA) is 70.1 Å². The minimum Gasteiger partial charge on any atom is -0.360 e. The molecule has 0 spiro atoms. The summed E-state index contributed by atoms with van der Waals surface area (Å²) in [5.41, 5.74) is 0. The third-order valence-corrected chi connectivity index (χ3v) is 4.59. The minimum atomic E-state index is -0.131. The van der Waals surface area contributed by atoms with Crippen molar-refractivity contribution < 1.29 is 4.79 Å². The molecule has 8 heteroatoms. The largest absolute Gasteiger partial charge is 0.360 e. The first kappa shape index (κ1) is 14.5. The van der Waals surface area contributed by atoms with Crippen LogP contribution in [-0.4, -0.2) is 65.2 Å². The summed E-state index contributed by atoms with van der Waals surface area (Å²) in [5.74, 6) is 2.25. The summed E-state index contributed by atoms with van der Waals surface area (Å²) in [4.78, 5) is 14.2. The van der Waals surface area contributed by atoms with Crippen LogP contribution in [0.3, 0.4) is 0 Å². The molecule has 0 radical (unpaired) electrons. The van der Waals surface area contributed by atoms with Crippen LogP contribution >= 0.6 is 23.1 Å². The Labute approximate surface area is 121 Å². The molecule has 2 N–H and O–H groups in total. The van der Waals surface area contributed by atoms with Crippen molar-refractivity contribution in [2.75, 3.05) is 49.5 Å². The molecule has 0 bridgehead atoms. The van der Waals surface area contributed by atoms with E-state index < -0.39 is 0 Å². The van der Waals surface area contributed by atoms with E-state index in [4.69, 9.17) is 0 Å². The van der Waals surface area contributed by atoms with E-state index in [1.807, 2.05) is 18.7 Å². The number of aromatic nitrogens is 2. The van der Waals surface area contributed by atoms with Gasteiger partial charge in [0.15, 0.2) is 0 Å². The van der Waals surface area contributed by atoms with Crippen LogP contribution in [-0.2, 0) is 0 Å². The highest BCUT2D eigenvalue weighted by Gasteiger charge is 2.13. The molecule has 1 aliphatic heterocycles. The Balaban J connectivity index is 1.70.